The van der Waals surface area contributed by atoms with Crippen molar-refractivity contribution in [1.29, 1.82) is 0 Å². The summed E-state index contributed by atoms with van der Waals surface area (Å²) in [7, 11) is -3.88. The number of sulfonamides is 1. The summed E-state index contributed by atoms with van der Waals surface area (Å²) in [5.74, 6) is 0.132. The number of alkyl halides is 2. The Kier molecular flexibility index (Phi) is 6.06. The number of thiazole rings is 1. The van der Waals surface area contributed by atoms with E-state index in [2.05, 4.69) is 9.71 Å². The van der Waals surface area contributed by atoms with E-state index < -0.39 is 28.0 Å². The number of hydrogen-bond donors (Lipinski definition) is 1. The van der Waals surface area contributed by atoms with E-state index in [-0.39, 0.29) is 29.0 Å². The smallest absolute Gasteiger partial charge is 0.263 e. The number of aromatic nitrogens is 1. The maximum Gasteiger partial charge on any atom is 0.263 e. The molecule has 0 bridgehead atoms. The first-order valence-corrected chi connectivity index (χ1v) is 13.7. The second kappa shape index (κ2) is 8.69. The van der Waals surface area contributed by atoms with E-state index >= 15 is 4.39 Å². The summed E-state index contributed by atoms with van der Waals surface area (Å²) in [5.41, 5.74) is -0.0527. The van der Waals surface area contributed by atoms with Crippen molar-refractivity contribution in [2.75, 3.05) is 17.8 Å². The molecule has 5 rings (SSSR count). The predicted octanol–water partition coefficient (Wildman–Crippen LogP) is 5.74. The van der Waals surface area contributed by atoms with Gasteiger partial charge in [-0.2, -0.15) is 0 Å². The lowest BCUT2D eigenvalue weighted by Crippen LogP contribution is -2.52. The lowest BCUT2D eigenvalue weighted by Gasteiger charge is -2.44. The minimum Gasteiger partial charge on any atom is -0.487 e. The fourth-order valence-electron chi connectivity index (χ4n) is 4.77. The Morgan fingerprint density at radius 1 is 1.23 bits per heavy atom. The van der Waals surface area contributed by atoms with Crippen molar-refractivity contribution >= 4 is 38.3 Å². The lowest BCUT2D eigenvalue weighted by molar-refractivity contribution is 0.0174. The van der Waals surface area contributed by atoms with Crippen molar-refractivity contribution in [2.45, 2.75) is 49.0 Å². The summed E-state index contributed by atoms with van der Waals surface area (Å²) >= 11 is 7.14. The number of nitrogens with zero attached hydrogens (tertiary/aromatic N) is 2. The number of halogens is 3. The second-order valence-corrected chi connectivity index (χ2v) is 12.6. The van der Waals surface area contributed by atoms with Crippen LogP contribution in [0.25, 0.3) is 0 Å². The van der Waals surface area contributed by atoms with Gasteiger partial charge >= 0.3 is 0 Å². The highest BCUT2D eigenvalue weighted by molar-refractivity contribution is 7.93. The van der Waals surface area contributed by atoms with Gasteiger partial charge in [0.25, 0.3) is 10.0 Å². The van der Waals surface area contributed by atoms with Crippen LogP contribution >= 0.6 is 23.1 Å². The first-order chi connectivity index (χ1) is 16.5. The third-order valence-electron chi connectivity index (χ3n) is 6.38. The van der Waals surface area contributed by atoms with Gasteiger partial charge in [0.05, 0.1) is 18.0 Å². The molecule has 11 heteroatoms. The van der Waals surface area contributed by atoms with Crippen LogP contribution in [0.15, 0.2) is 52.9 Å². The van der Waals surface area contributed by atoms with Crippen molar-refractivity contribution in [3.8, 4) is 5.75 Å². The highest BCUT2D eigenvalue weighted by Gasteiger charge is 2.48. The molecule has 2 aliphatic rings. The predicted molar refractivity (Wildman–Crippen MR) is 132 cm³/mol. The molecule has 186 valence electrons. The third kappa shape index (κ3) is 4.64. The van der Waals surface area contributed by atoms with E-state index in [1.165, 1.54) is 34.1 Å². The Balaban J connectivity index is 1.58. The molecule has 0 radical (unpaired) electrons. The zero-order chi connectivity index (χ0) is 25.0. The van der Waals surface area contributed by atoms with Crippen molar-refractivity contribution in [2.24, 2.45) is 0 Å². The fourth-order valence-corrected chi connectivity index (χ4v) is 6.95. The third-order valence-corrected chi connectivity index (χ3v) is 8.77. The van der Waals surface area contributed by atoms with Crippen LogP contribution < -0.4 is 9.46 Å². The first-order valence-electron chi connectivity index (χ1n) is 11.0. The molecule has 3 heterocycles. The van der Waals surface area contributed by atoms with Gasteiger partial charge in [0.2, 0.25) is 0 Å². The van der Waals surface area contributed by atoms with E-state index in [0.717, 1.165) is 11.1 Å². The van der Waals surface area contributed by atoms with Gasteiger partial charge < -0.3 is 4.74 Å². The lowest BCUT2D eigenvalue weighted by atomic mass is 9.74. The first kappa shape index (κ1) is 24.4. The zero-order valence-electron chi connectivity index (χ0n) is 19.1. The molecule has 2 aromatic carbocycles. The van der Waals surface area contributed by atoms with E-state index in [0.29, 0.717) is 23.3 Å². The molecule has 1 saturated heterocycles. The van der Waals surface area contributed by atoms with Gasteiger partial charge in [-0.15, -0.1) is 11.3 Å². The molecule has 0 saturated carbocycles. The molecule has 0 amide bonds. The normalized spacial score (nSPS) is 21.0. The van der Waals surface area contributed by atoms with Crippen LogP contribution in [0.5, 0.6) is 5.75 Å². The van der Waals surface area contributed by atoms with E-state index in [4.69, 9.17) is 16.5 Å². The molecular formula is C24H24ClF2N3O3S2. The van der Waals surface area contributed by atoms with Gasteiger partial charge in [-0.25, -0.2) is 26.6 Å². The van der Waals surface area contributed by atoms with Gasteiger partial charge in [0.15, 0.2) is 10.8 Å². The average molecular weight is 540 g/mol. The van der Waals surface area contributed by atoms with E-state index in [1.54, 1.807) is 29.6 Å². The molecule has 0 spiro atoms. The molecule has 1 aromatic heterocycles. The molecule has 0 aliphatic carbocycles. The maximum absolute atomic E-state index is 15.8. The molecule has 6 nitrogen and oxygen atoms in total. The Labute approximate surface area is 212 Å². The molecular weight excluding hydrogens is 516 g/mol. The number of benzene rings is 2. The monoisotopic (exact) mass is 539 g/mol. The van der Waals surface area contributed by atoms with Gasteiger partial charge in [0.1, 0.15) is 18.0 Å². The Bertz CT molecular complexity index is 1360. The molecule has 35 heavy (non-hydrogen) atoms. The molecule has 1 fully saturated rings. The van der Waals surface area contributed by atoms with Crippen molar-refractivity contribution in [3.05, 3.63) is 70.2 Å². The summed E-state index contributed by atoms with van der Waals surface area (Å²) in [4.78, 5) is 4.01. The molecule has 1 N–H and O–H groups in total. The molecule has 2 aliphatic heterocycles. The summed E-state index contributed by atoms with van der Waals surface area (Å²) < 4.78 is 65.2. The quantitative estimate of drug-likeness (QED) is 0.404. The molecule has 3 aromatic rings. The van der Waals surface area contributed by atoms with Crippen LogP contribution in [0.1, 0.15) is 48.4 Å². The largest absolute Gasteiger partial charge is 0.487 e. The molecule has 1 unspecified atom stereocenters. The topological polar surface area (TPSA) is 71.5 Å². The van der Waals surface area contributed by atoms with Crippen LogP contribution in [0.4, 0.5) is 13.9 Å². The van der Waals surface area contributed by atoms with E-state index in [9.17, 15) is 12.8 Å². The molecule has 1 atom stereocenters. The van der Waals surface area contributed by atoms with Crippen LogP contribution in [-0.2, 0) is 22.4 Å². The van der Waals surface area contributed by atoms with Gasteiger partial charge in [-0.05, 0) is 60.9 Å². The zero-order valence-corrected chi connectivity index (χ0v) is 21.5. The summed E-state index contributed by atoms with van der Waals surface area (Å²) in [6, 6.07) is 9.72. The number of rotatable bonds is 6. The summed E-state index contributed by atoms with van der Waals surface area (Å²) in [6.07, 6.45) is 2.05. The Hall–Kier alpha value is -2.27. The maximum atomic E-state index is 15.8. The summed E-state index contributed by atoms with van der Waals surface area (Å²) in [6.45, 7) is 3.13. The minimum absolute atomic E-state index is 0.0103. The number of hydrogen-bond acceptors (Lipinski definition) is 6. The Morgan fingerprint density at radius 3 is 2.63 bits per heavy atom. The highest BCUT2D eigenvalue weighted by atomic mass is 35.5. The Morgan fingerprint density at radius 2 is 1.97 bits per heavy atom. The van der Waals surface area contributed by atoms with Gasteiger partial charge in [0, 0.05) is 29.1 Å². The van der Waals surface area contributed by atoms with Crippen LogP contribution in [0, 0.1) is 0 Å². The van der Waals surface area contributed by atoms with Gasteiger partial charge in [-0.1, -0.05) is 18.2 Å². The number of anilines is 1. The second-order valence-electron chi connectivity index (χ2n) is 9.56. The van der Waals surface area contributed by atoms with E-state index in [1.807, 2.05) is 13.8 Å². The average Bonchev–Trinajstić information content (AvgIpc) is 3.28. The summed E-state index contributed by atoms with van der Waals surface area (Å²) in [5, 5.41) is 1.94. The SMILES string of the molecule is CC1(C)CC(c2ccc(CF)cc2C2(F)CN(Cl)C2)c2ccc(S(=O)(=O)Nc3nccs3)cc2O1. The number of ether oxygens (including phenoxy) is 1. The standard InChI is InChI=1S/C24H24ClF2N3O3S2/c1-23(2)11-19(17-5-3-15(12-26)9-20(17)24(27)13-30(25)14-24)18-6-4-16(10-21(18)33-23)35(31,32)29-22-28-7-8-34-22/h3-10,19H,11-14H2,1-2H3,(H,28,29). The van der Waals surface area contributed by atoms with Crippen molar-refractivity contribution in [3.63, 3.8) is 0 Å². The van der Waals surface area contributed by atoms with Crippen LogP contribution in [0.2, 0.25) is 0 Å². The minimum atomic E-state index is -3.88. The van der Waals surface area contributed by atoms with Crippen LogP contribution in [-0.4, -0.2) is 36.5 Å². The van der Waals surface area contributed by atoms with Gasteiger partial charge in [-0.3, -0.25) is 4.72 Å². The number of nitrogens with one attached hydrogen (secondary N) is 1. The number of fused-ring (bicyclic) bond motifs is 1. The highest BCUT2D eigenvalue weighted by Crippen LogP contribution is 2.49. The fraction of sp³-hybridized carbons (Fsp3) is 0.375. The van der Waals surface area contributed by atoms with Crippen molar-refractivity contribution in [1.82, 2.24) is 9.40 Å². The van der Waals surface area contributed by atoms with Crippen LogP contribution in [0.3, 0.4) is 0 Å². The van der Waals surface area contributed by atoms with Crippen molar-refractivity contribution < 1.29 is 21.9 Å².